The lowest BCUT2D eigenvalue weighted by Gasteiger charge is -2.37. The molecule has 0 aromatic heterocycles. The number of benzene rings is 2. The van der Waals surface area contributed by atoms with Crippen molar-refractivity contribution in [3.05, 3.63) is 83.9 Å². The second kappa shape index (κ2) is 20.1. The lowest BCUT2D eigenvalue weighted by atomic mass is 9.79. The fourth-order valence-electron chi connectivity index (χ4n) is 5.80. The highest BCUT2D eigenvalue weighted by atomic mass is 16.5. The summed E-state index contributed by atoms with van der Waals surface area (Å²) >= 11 is 0. The Kier molecular flexibility index (Phi) is 17.0. The number of ether oxygens (including phenoxy) is 2. The van der Waals surface area contributed by atoms with Crippen LogP contribution in [0.25, 0.3) is 0 Å². The predicted octanol–water partition coefficient (Wildman–Crippen LogP) is 1.06. The minimum atomic E-state index is -1.55. The van der Waals surface area contributed by atoms with Crippen molar-refractivity contribution in [2.24, 2.45) is 0 Å². The van der Waals surface area contributed by atoms with E-state index >= 15 is 0 Å². The number of aliphatic carboxylic acids is 2. The molecule has 0 heterocycles. The molecule has 0 bridgehead atoms. The van der Waals surface area contributed by atoms with Crippen molar-refractivity contribution in [1.82, 2.24) is 0 Å². The topological polar surface area (TPSA) is 108 Å². The molecule has 2 aromatic rings. The van der Waals surface area contributed by atoms with Gasteiger partial charge in [-0.15, -0.1) is 0 Å². The first kappa shape index (κ1) is 37.1. The molecule has 8 heteroatoms. The number of likely N-dealkylation sites (N-methyl/N-ethyl adjacent to an activating group) is 2. The van der Waals surface area contributed by atoms with E-state index in [1.165, 1.54) is 85.1 Å². The Balaban J connectivity index is 0.000000248. The first-order valence-electron chi connectivity index (χ1n) is 16.2. The van der Waals surface area contributed by atoms with E-state index in [0.717, 1.165) is 26.3 Å². The molecule has 244 valence electrons. The summed E-state index contributed by atoms with van der Waals surface area (Å²) in [6, 6.07) is 21.6. The molecule has 0 unspecified atom stereocenters. The van der Waals surface area contributed by atoms with Gasteiger partial charge >= 0.3 is 0 Å². The number of carbonyl (C=O) groups is 2. The number of carboxylic acids is 2. The highest BCUT2D eigenvalue weighted by Crippen LogP contribution is 2.41. The van der Waals surface area contributed by atoms with Crippen molar-refractivity contribution in [2.75, 3.05) is 54.5 Å². The highest BCUT2D eigenvalue weighted by molar-refractivity contribution is 5.87. The largest absolute Gasteiger partial charge is 0.545 e. The Bertz CT molecular complexity index is 1000. The molecule has 2 N–H and O–H groups in total. The zero-order valence-electron chi connectivity index (χ0n) is 27.3. The quantitative estimate of drug-likeness (QED) is 0.348. The maximum atomic E-state index is 9.41. The van der Waals surface area contributed by atoms with E-state index in [-0.39, 0.29) is 11.2 Å². The molecule has 0 atom stereocenters. The van der Waals surface area contributed by atoms with Crippen LogP contribution in [0.3, 0.4) is 0 Å². The van der Waals surface area contributed by atoms with Crippen LogP contribution >= 0.6 is 0 Å². The van der Waals surface area contributed by atoms with E-state index < -0.39 is 11.9 Å². The molecule has 0 spiro atoms. The van der Waals surface area contributed by atoms with Crippen LogP contribution in [0, 0.1) is 0 Å². The molecule has 0 radical (unpaired) electrons. The SMILES string of the molecule is C[NH+](C)CCOC1(c2ccccc2)CCCCC1.C[NH+](C)CCOC1(c2ccccc2)CCCCC1.O=C([O-])/C=C\C(=O)[O-]. The standard InChI is InChI=1S/2C16H25NO.C4H4O4/c2*1-17(2)13-14-18-16(11-7-4-8-12-16)15-9-5-3-6-10-15;5-3(6)1-2-4(7)8/h2*3,5-6,9-10H,4,7-8,11-14H2,1-2H3;1-2H,(H,5,6)(H,7,8)/b;;2-1-. The molecule has 0 saturated heterocycles. The van der Waals surface area contributed by atoms with Gasteiger partial charge in [0.1, 0.15) is 13.1 Å². The number of carboxylic acid groups (broad SMARTS) is 2. The number of hydrogen-bond donors (Lipinski definition) is 2. The zero-order chi connectivity index (χ0) is 32.3. The van der Waals surface area contributed by atoms with Gasteiger partial charge in [0, 0.05) is 0 Å². The number of quaternary nitrogens is 2. The number of carbonyl (C=O) groups excluding carboxylic acids is 2. The molecule has 0 amide bonds. The smallest absolute Gasteiger partial charge is 0.100 e. The van der Waals surface area contributed by atoms with Crippen molar-refractivity contribution in [2.45, 2.75) is 75.4 Å². The Morgan fingerprint density at radius 3 is 1.20 bits per heavy atom. The Labute approximate surface area is 264 Å². The van der Waals surface area contributed by atoms with Crippen molar-refractivity contribution in [3.63, 3.8) is 0 Å². The molecular formula is C36H54N2O6. The van der Waals surface area contributed by atoms with E-state index in [1.807, 2.05) is 0 Å². The zero-order valence-corrected chi connectivity index (χ0v) is 27.3. The van der Waals surface area contributed by atoms with Crippen molar-refractivity contribution in [3.8, 4) is 0 Å². The van der Waals surface area contributed by atoms with Gasteiger partial charge in [0.15, 0.2) is 0 Å². The van der Waals surface area contributed by atoms with Gasteiger partial charge in [-0.25, -0.2) is 0 Å². The van der Waals surface area contributed by atoms with Crippen molar-refractivity contribution in [1.29, 1.82) is 0 Å². The monoisotopic (exact) mass is 610 g/mol. The fourth-order valence-corrected chi connectivity index (χ4v) is 5.80. The molecule has 44 heavy (non-hydrogen) atoms. The van der Waals surface area contributed by atoms with Crippen LogP contribution in [-0.4, -0.2) is 66.4 Å². The van der Waals surface area contributed by atoms with Gasteiger partial charge in [0.25, 0.3) is 0 Å². The molecular weight excluding hydrogens is 556 g/mol. The summed E-state index contributed by atoms with van der Waals surface area (Å²) in [6.45, 7) is 3.87. The Hall–Kier alpha value is -3.04. The summed E-state index contributed by atoms with van der Waals surface area (Å²) in [4.78, 5) is 21.7. The van der Waals surface area contributed by atoms with E-state index in [0.29, 0.717) is 12.2 Å². The maximum Gasteiger partial charge on any atom is 0.100 e. The van der Waals surface area contributed by atoms with Gasteiger partial charge in [0.05, 0.1) is 64.5 Å². The maximum absolute atomic E-state index is 9.41. The summed E-state index contributed by atoms with van der Waals surface area (Å²) < 4.78 is 12.7. The van der Waals surface area contributed by atoms with E-state index in [2.05, 4.69) is 88.9 Å². The van der Waals surface area contributed by atoms with Crippen LogP contribution in [-0.2, 0) is 30.3 Å². The van der Waals surface area contributed by atoms with Gasteiger partial charge < -0.3 is 39.1 Å². The fraction of sp³-hybridized carbons (Fsp3) is 0.556. The Morgan fingerprint density at radius 2 is 0.932 bits per heavy atom. The molecule has 0 aliphatic heterocycles. The first-order valence-corrected chi connectivity index (χ1v) is 16.2. The number of hydrogen-bond acceptors (Lipinski definition) is 6. The normalized spacial score (nSPS) is 17.3. The third-order valence-electron chi connectivity index (χ3n) is 8.24. The van der Waals surface area contributed by atoms with Crippen LogP contribution in [0.1, 0.15) is 75.3 Å². The predicted molar refractivity (Wildman–Crippen MR) is 169 cm³/mol. The third-order valence-corrected chi connectivity index (χ3v) is 8.24. The average molecular weight is 611 g/mol. The van der Waals surface area contributed by atoms with E-state index in [1.54, 1.807) is 0 Å². The molecule has 2 saturated carbocycles. The summed E-state index contributed by atoms with van der Waals surface area (Å²) in [6.07, 6.45) is 13.4. The van der Waals surface area contributed by atoms with Crippen molar-refractivity contribution >= 4 is 11.9 Å². The minimum Gasteiger partial charge on any atom is -0.545 e. The summed E-state index contributed by atoms with van der Waals surface area (Å²) in [5.41, 5.74) is 2.74. The second-order valence-electron chi connectivity index (χ2n) is 12.4. The van der Waals surface area contributed by atoms with Crippen molar-refractivity contribution < 1.29 is 39.1 Å². The minimum absolute atomic E-state index is 0.00500. The molecule has 8 nitrogen and oxygen atoms in total. The van der Waals surface area contributed by atoms with Gasteiger partial charge in [-0.2, -0.15) is 0 Å². The van der Waals surface area contributed by atoms with Crippen LogP contribution in [0.15, 0.2) is 72.8 Å². The molecule has 2 aromatic carbocycles. The van der Waals surface area contributed by atoms with Gasteiger partial charge in [-0.3, -0.25) is 0 Å². The number of nitrogens with one attached hydrogen (secondary N) is 2. The molecule has 4 rings (SSSR count). The lowest BCUT2D eigenvalue weighted by molar-refractivity contribution is -0.859. The van der Waals surface area contributed by atoms with E-state index in [4.69, 9.17) is 9.47 Å². The molecule has 2 fully saturated rings. The number of rotatable bonds is 12. The molecule has 2 aliphatic carbocycles. The Morgan fingerprint density at radius 1 is 0.614 bits per heavy atom. The van der Waals surface area contributed by atoms with Gasteiger partial charge in [-0.1, -0.05) is 99.2 Å². The summed E-state index contributed by atoms with van der Waals surface area (Å²) in [5, 5.41) is 18.8. The lowest BCUT2D eigenvalue weighted by Crippen LogP contribution is -3.06. The highest BCUT2D eigenvalue weighted by Gasteiger charge is 2.35. The van der Waals surface area contributed by atoms with Crippen LogP contribution < -0.4 is 20.0 Å². The van der Waals surface area contributed by atoms with Crippen LogP contribution in [0.2, 0.25) is 0 Å². The van der Waals surface area contributed by atoms with Gasteiger partial charge in [0.2, 0.25) is 0 Å². The average Bonchev–Trinajstić information content (AvgIpc) is 3.02. The van der Waals surface area contributed by atoms with Crippen LogP contribution in [0.5, 0.6) is 0 Å². The van der Waals surface area contributed by atoms with Crippen LogP contribution in [0.4, 0.5) is 0 Å². The first-order chi connectivity index (χ1) is 21.1. The van der Waals surface area contributed by atoms with Gasteiger partial charge in [-0.05, 0) is 49.0 Å². The second-order valence-corrected chi connectivity index (χ2v) is 12.4. The molecule has 2 aliphatic rings. The van der Waals surface area contributed by atoms with E-state index in [9.17, 15) is 19.8 Å². The summed E-state index contributed by atoms with van der Waals surface area (Å²) in [5.74, 6) is -3.09. The third kappa shape index (κ3) is 13.7. The summed E-state index contributed by atoms with van der Waals surface area (Å²) in [7, 11) is 8.72.